The van der Waals surface area contributed by atoms with Crippen LogP contribution in [0.2, 0.25) is 0 Å². The van der Waals surface area contributed by atoms with E-state index in [1.807, 2.05) is 0 Å². The van der Waals surface area contributed by atoms with Crippen LogP contribution in [0, 0.1) is 10.8 Å². The number of carboxylic acids is 2. The average molecular weight is 502 g/mol. The molecule has 0 aromatic heterocycles. The minimum absolute atomic E-state index is 0. The van der Waals surface area contributed by atoms with Crippen molar-refractivity contribution in [2.45, 2.75) is 41.5 Å². The van der Waals surface area contributed by atoms with Gasteiger partial charge in [-0.15, -0.1) is 0 Å². The number of carbonyl (C=O) groups excluding carboxylic acids is 2. The van der Waals surface area contributed by atoms with Crippen molar-refractivity contribution in [3.8, 4) is 0 Å². The van der Waals surface area contributed by atoms with E-state index < -0.39 is 22.8 Å². The third-order valence-corrected chi connectivity index (χ3v) is 1.22. The molecule has 0 aliphatic heterocycles. The van der Waals surface area contributed by atoms with Crippen molar-refractivity contribution in [2.75, 3.05) is 0 Å². The molecule has 0 aliphatic carbocycles. The van der Waals surface area contributed by atoms with Crippen molar-refractivity contribution < 1.29 is 65.7 Å². The summed E-state index contributed by atoms with van der Waals surface area (Å²) >= 11 is 0. The molecular weight excluding hydrogens is 478 g/mol. The minimum atomic E-state index is -1.01. The summed E-state index contributed by atoms with van der Waals surface area (Å²) in [5.74, 6) is -2.01. The third-order valence-electron chi connectivity index (χ3n) is 1.22. The first kappa shape index (κ1) is 42.7. The van der Waals surface area contributed by atoms with Crippen molar-refractivity contribution in [1.82, 2.24) is 12.3 Å². The second-order valence-corrected chi connectivity index (χ2v) is 5.07. The first-order valence-electron chi connectivity index (χ1n) is 4.32. The van der Waals surface area contributed by atoms with Crippen molar-refractivity contribution >= 4 is 11.9 Å². The quantitative estimate of drug-likeness (QED) is 0.337. The molecule has 0 aliphatic rings. The van der Waals surface area contributed by atoms with Crippen LogP contribution >= 0.6 is 0 Å². The maximum absolute atomic E-state index is 9.91. The van der Waals surface area contributed by atoms with E-state index in [1.54, 1.807) is 41.5 Å². The zero-order valence-corrected chi connectivity index (χ0v) is 15.9. The predicted molar refractivity (Wildman–Crippen MR) is 59.0 cm³/mol. The molecule has 0 heterocycles. The van der Waals surface area contributed by atoms with E-state index in [0.29, 0.717) is 0 Å². The zero-order chi connectivity index (χ0) is 12.2. The Balaban J connectivity index is -0.0000000240. The first-order valence-corrected chi connectivity index (χ1v) is 4.32. The monoisotopic (exact) mass is 501 g/mol. The summed E-state index contributed by atoms with van der Waals surface area (Å²) < 4.78 is 0. The number of rotatable bonds is 0. The first-order chi connectivity index (χ1) is 5.89. The van der Waals surface area contributed by atoms with Crippen LogP contribution in [0.25, 0.3) is 0 Å². The van der Waals surface area contributed by atoms with Crippen LogP contribution in [-0.4, -0.2) is 11.9 Å². The number of carbonyl (C=O) groups is 2. The molecule has 122 valence electrons. The largest absolute Gasteiger partial charge is 4.00 e. The van der Waals surface area contributed by atoms with Gasteiger partial charge in [0, 0.05) is 22.8 Å². The van der Waals surface area contributed by atoms with Gasteiger partial charge in [0.2, 0.25) is 0 Å². The van der Waals surface area contributed by atoms with Gasteiger partial charge in [0.15, 0.2) is 0 Å². The molecule has 0 saturated heterocycles. The van der Waals surface area contributed by atoms with Crippen LogP contribution < -0.4 is 47.3 Å². The summed E-state index contributed by atoms with van der Waals surface area (Å²) in [6, 6.07) is 0. The number of aliphatic carboxylic acids is 2. The molecule has 0 fully saturated rings. The average Bonchev–Trinajstić information content (AvgIpc) is 1.83. The van der Waals surface area contributed by atoms with Crippen molar-refractivity contribution in [3.63, 3.8) is 0 Å². The molecule has 9 heteroatoms. The van der Waals surface area contributed by atoms with Crippen LogP contribution in [0.1, 0.15) is 41.5 Å². The Morgan fingerprint density at radius 3 is 0.737 bits per heavy atom. The van der Waals surface area contributed by atoms with Crippen molar-refractivity contribution in [2.24, 2.45) is 10.8 Å². The SMILES string of the molecule is CC(C)(C)C(=O)[O-].CC(C)(C)C(=O)[O-].N.N.[Cl-].[Cl-].[Pt+4]. The minimum Gasteiger partial charge on any atom is -1.00 e. The Kier molecular flexibility index (Phi) is 36.4. The fourth-order valence-electron chi connectivity index (χ4n) is 0. The van der Waals surface area contributed by atoms with Gasteiger partial charge in [0.25, 0.3) is 0 Å². The van der Waals surface area contributed by atoms with Gasteiger partial charge in [-0.25, -0.2) is 0 Å². The molecule has 0 aromatic carbocycles. The van der Waals surface area contributed by atoms with Gasteiger partial charge in [-0.1, -0.05) is 41.5 Å². The Hall–Kier alpha value is 0.128. The van der Waals surface area contributed by atoms with Crippen LogP contribution in [-0.2, 0) is 30.7 Å². The number of hydrogen-bond acceptors (Lipinski definition) is 6. The van der Waals surface area contributed by atoms with E-state index in [-0.39, 0.29) is 58.2 Å². The summed E-state index contributed by atoms with van der Waals surface area (Å²) in [6.45, 7) is 9.60. The Morgan fingerprint density at radius 2 is 0.737 bits per heavy atom. The second-order valence-electron chi connectivity index (χ2n) is 5.07. The van der Waals surface area contributed by atoms with E-state index in [1.165, 1.54) is 0 Å². The topological polar surface area (TPSA) is 150 Å². The van der Waals surface area contributed by atoms with Crippen LogP contribution in [0.4, 0.5) is 0 Å². The molecule has 0 bridgehead atoms. The molecule has 19 heavy (non-hydrogen) atoms. The predicted octanol–water partition coefficient (Wildman–Crippen LogP) is -6.11. The van der Waals surface area contributed by atoms with E-state index in [2.05, 4.69) is 0 Å². The van der Waals surface area contributed by atoms with Gasteiger partial charge in [0.05, 0.1) is 0 Å². The van der Waals surface area contributed by atoms with Gasteiger partial charge < -0.3 is 56.9 Å². The maximum atomic E-state index is 9.91. The standard InChI is InChI=1S/2C5H10O2.2ClH.2H3N.Pt/c2*1-5(2,3)4(6)7;;;;;/h2*1-3H3,(H,6,7);2*1H;2*1H3;/q;;;;;;+4/p-4. The summed E-state index contributed by atoms with van der Waals surface area (Å²) in [6.07, 6.45) is 0. The van der Waals surface area contributed by atoms with E-state index in [4.69, 9.17) is 0 Å². The molecular formula is C10H24Cl2N2O4Pt. The van der Waals surface area contributed by atoms with Crippen LogP contribution in [0.5, 0.6) is 0 Å². The fourth-order valence-corrected chi connectivity index (χ4v) is 0. The Bertz CT molecular complexity index is 205. The van der Waals surface area contributed by atoms with Crippen molar-refractivity contribution in [1.29, 1.82) is 0 Å². The molecule has 0 atom stereocenters. The molecule has 0 aromatic rings. The summed E-state index contributed by atoms with van der Waals surface area (Å²) in [4.78, 5) is 19.8. The number of carboxylic acid groups (broad SMARTS) is 2. The molecule has 0 spiro atoms. The number of hydrogen-bond donors (Lipinski definition) is 2. The normalized spacial score (nSPS) is 8.32. The maximum Gasteiger partial charge on any atom is 4.00 e. The second kappa shape index (κ2) is 16.2. The van der Waals surface area contributed by atoms with Gasteiger partial charge in [0.1, 0.15) is 0 Å². The van der Waals surface area contributed by atoms with Crippen molar-refractivity contribution in [3.05, 3.63) is 0 Å². The number of halogens is 2. The van der Waals surface area contributed by atoms with Gasteiger partial charge in [-0.05, 0) is 0 Å². The van der Waals surface area contributed by atoms with Crippen LogP contribution in [0.3, 0.4) is 0 Å². The summed E-state index contributed by atoms with van der Waals surface area (Å²) in [7, 11) is 0. The van der Waals surface area contributed by atoms with E-state index >= 15 is 0 Å². The molecule has 6 nitrogen and oxygen atoms in total. The molecule has 0 unspecified atom stereocenters. The third kappa shape index (κ3) is 32.1. The Morgan fingerprint density at radius 1 is 0.684 bits per heavy atom. The van der Waals surface area contributed by atoms with Gasteiger partial charge in [-0.3, -0.25) is 0 Å². The molecule has 0 rings (SSSR count). The summed E-state index contributed by atoms with van der Waals surface area (Å²) in [5.41, 5.74) is -1.39. The molecule has 0 radical (unpaired) electrons. The van der Waals surface area contributed by atoms with Gasteiger partial charge in [-0.2, -0.15) is 0 Å². The smallest absolute Gasteiger partial charge is 1.00 e. The molecule has 0 saturated carbocycles. The zero-order valence-electron chi connectivity index (χ0n) is 12.1. The molecule has 0 amide bonds. The Labute approximate surface area is 142 Å². The molecule has 6 N–H and O–H groups in total. The fraction of sp³-hybridized carbons (Fsp3) is 0.800. The summed E-state index contributed by atoms with van der Waals surface area (Å²) in [5, 5.41) is 19.8. The van der Waals surface area contributed by atoms with E-state index in [0.717, 1.165) is 0 Å². The van der Waals surface area contributed by atoms with Gasteiger partial charge >= 0.3 is 21.1 Å². The van der Waals surface area contributed by atoms with E-state index in [9.17, 15) is 19.8 Å². The van der Waals surface area contributed by atoms with Crippen LogP contribution in [0.15, 0.2) is 0 Å².